The number of rotatable bonds is 5. The summed E-state index contributed by atoms with van der Waals surface area (Å²) in [5.41, 5.74) is 3.44. The summed E-state index contributed by atoms with van der Waals surface area (Å²) in [6, 6.07) is 22.4. The fraction of sp³-hybridized carbons (Fsp3) is 0.150. The standard InChI is InChI=1S/C20H19NOS/c1-15-7-2-3-9-17(15)13-23-14-20(22)21-19-12-6-10-16-8-4-5-11-18(16)19/h2-12H,13-14H2,1H3,(H,21,22). The van der Waals surface area contributed by atoms with Gasteiger partial charge in [-0.2, -0.15) is 0 Å². The summed E-state index contributed by atoms with van der Waals surface area (Å²) in [6.45, 7) is 2.10. The van der Waals surface area contributed by atoms with Crippen LogP contribution in [0.2, 0.25) is 0 Å². The molecule has 0 fully saturated rings. The molecule has 0 saturated carbocycles. The van der Waals surface area contributed by atoms with Crippen LogP contribution in [-0.4, -0.2) is 11.7 Å². The molecule has 3 aromatic rings. The zero-order valence-corrected chi connectivity index (χ0v) is 13.9. The third-order valence-electron chi connectivity index (χ3n) is 3.82. The SMILES string of the molecule is Cc1ccccc1CSCC(=O)Nc1cccc2ccccc12. The van der Waals surface area contributed by atoms with Crippen LogP contribution in [0.15, 0.2) is 66.7 Å². The smallest absolute Gasteiger partial charge is 0.234 e. The van der Waals surface area contributed by atoms with Gasteiger partial charge in [0.2, 0.25) is 5.91 Å². The Labute approximate surface area is 140 Å². The molecule has 0 aromatic heterocycles. The number of fused-ring (bicyclic) bond motifs is 1. The third-order valence-corrected chi connectivity index (χ3v) is 4.80. The van der Waals surface area contributed by atoms with Gasteiger partial charge in [0.1, 0.15) is 0 Å². The largest absolute Gasteiger partial charge is 0.325 e. The zero-order valence-electron chi connectivity index (χ0n) is 13.1. The van der Waals surface area contributed by atoms with E-state index in [1.807, 2.05) is 42.5 Å². The van der Waals surface area contributed by atoms with Crippen molar-refractivity contribution >= 4 is 34.1 Å². The second kappa shape index (κ2) is 7.34. The number of nitrogens with one attached hydrogen (secondary N) is 1. The zero-order chi connectivity index (χ0) is 16.1. The summed E-state index contributed by atoms with van der Waals surface area (Å²) in [4.78, 5) is 12.2. The van der Waals surface area contributed by atoms with Gasteiger partial charge in [-0.15, -0.1) is 11.8 Å². The maximum atomic E-state index is 12.2. The van der Waals surface area contributed by atoms with Crippen molar-refractivity contribution < 1.29 is 4.79 Å². The van der Waals surface area contributed by atoms with Crippen LogP contribution in [0.25, 0.3) is 10.8 Å². The molecule has 0 bridgehead atoms. The van der Waals surface area contributed by atoms with Gasteiger partial charge in [0.25, 0.3) is 0 Å². The Morgan fingerprint density at radius 3 is 2.57 bits per heavy atom. The lowest BCUT2D eigenvalue weighted by Crippen LogP contribution is -2.14. The van der Waals surface area contributed by atoms with E-state index in [2.05, 4.69) is 36.5 Å². The van der Waals surface area contributed by atoms with Gasteiger partial charge in [-0.3, -0.25) is 4.79 Å². The fourth-order valence-electron chi connectivity index (χ4n) is 2.55. The molecule has 0 radical (unpaired) electrons. The monoisotopic (exact) mass is 321 g/mol. The van der Waals surface area contributed by atoms with Crippen molar-refractivity contribution in [1.29, 1.82) is 0 Å². The van der Waals surface area contributed by atoms with Crippen LogP contribution < -0.4 is 5.32 Å². The van der Waals surface area contributed by atoms with E-state index in [1.54, 1.807) is 11.8 Å². The highest BCUT2D eigenvalue weighted by Crippen LogP contribution is 2.23. The van der Waals surface area contributed by atoms with Crippen molar-refractivity contribution in [3.05, 3.63) is 77.9 Å². The average molecular weight is 321 g/mol. The van der Waals surface area contributed by atoms with Crippen molar-refractivity contribution in [3.63, 3.8) is 0 Å². The topological polar surface area (TPSA) is 29.1 Å². The first-order valence-electron chi connectivity index (χ1n) is 7.64. The summed E-state index contributed by atoms with van der Waals surface area (Å²) < 4.78 is 0. The number of carbonyl (C=O) groups is 1. The minimum atomic E-state index is 0.0416. The number of hydrogen-bond acceptors (Lipinski definition) is 2. The number of anilines is 1. The highest BCUT2D eigenvalue weighted by atomic mass is 32.2. The van der Waals surface area contributed by atoms with E-state index in [1.165, 1.54) is 11.1 Å². The molecule has 3 heteroatoms. The highest BCUT2D eigenvalue weighted by molar-refractivity contribution is 7.99. The molecule has 2 nitrogen and oxygen atoms in total. The molecule has 3 rings (SSSR count). The molecule has 0 heterocycles. The quantitative estimate of drug-likeness (QED) is 0.715. The molecule has 0 aliphatic carbocycles. The molecular formula is C20H19NOS. The molecule has 1 amide bonds. The summed E-state index contributed by atoms with van der Waals surface area (Å²) in [5, 5.41) is 5.24. The number of carbonyl (C=O) groups excluding carboxylic acids is 1. The number of benzene rings is 3. The maximum Gasteiger partial charge on any atom is 0.234 e. The first-order chi connectivity index (χ1) is 11.2. The molecule has 0 aliphatic rings. The van der Waals surface area contributed by atoms with E-state index in [0.717, 1.165) is 22.2 Å². The molecule has 0 spiro atoms. The molecule has 0 saturated heterocycles. The molecule has 0 aliphatic heterocycles. The Morgan fingerprint density at radius 1 is 0.957 bits per heavy atom. The maximum absolute atomic E-state index is 12.2. The Kier molecular flexibility index (Phi) is 4.99. The van der Waals surface area contributed by atoms with Crippen LogP contribution in [-0.2, 0) is 10.5 Å². The molecule has 0 unspecified atom stereocenters. The van der Waals surface area contributed by atoms with Crippen LogP contribution in [0.3, 0.4) is 0 Å². The van der Waals surface area contributed by atoms with Crippen LogP contribution >= 0.6 is 11.8 Å². The van der Waals surface area contributed by atoms with Gasteiger partial charge in [0.15, 0.2) is 0 Å². The van der Waals surface area contributed by atoms with Crippen LogP contribution in [0.4, 0.5) is 5.69 Å². The van der Waals surface area contributed by atoms with E-state index < -0.39 is 0 Å². The van der Waals surface area contributed by atoms with Crippen molar-refractivity contribution in [2.45, 2.75) is 12.7 Å². The minimum absolute atomic E-state index is 0.0416. The van der Waals surface area contributed by atoms with Gasteiger partial charge in [-0.05, 0) is 29.5 Å². The Hall–Kier alpha value is -2.26. The van der Waals surface area contributed by atoms with Gasteiger partial charge in [-0.1, -0.05) is 60.7 Å². The number of amides is 1. The number of hydrogen-bond donors (Lipinski definition) is 1. The van der Waals surface area contributed by atoms with Crippen molar-refractivity contribution in [3.8, 4) is 0 Å². The average Bonchev–Trinajstić information content (AvgIpc) is 2.57. The second-order valence-corrected chi connectivity index (χ2v) is 6.48. The van der Waals surface area contributed by atoms with E-state index >= 15 is 0 Å². The minimum Gasteiger partial charge on any atom is -0.325 e. The molecule has 116 valence electrons. The van der Waals surface area contributed by atoms with Crippen molar-refractivity contribution in [2.75, 3.05) is 11.1 Å². The van der Waals surface area contributed by atoms with Crippen LogP contribution in [0, 0.1) is 6.92 Å². The summed E-state index contributed by atoms with van der Waals surface area (Å²) in [5.74, 6) is 1.35. The predicted molar refractivity (Wildman–Crippen MR) is 99.9 cm³/mol. The van der Waals surface area contributed by atoms with E-state index in [-0.39, 0.29) is 5.91 Å². The predicted octanol–water partition coefficient (Wildman–Crippen LogP) is 5.02. The summed E-state index contributed by atoms with van der Waals surface area (Å²) in [7, 11) is 0. The Bertz CT molecular complexity index is 823. The summed E-state index contributed by atoms with van der Waals surface area (Å²) >= 11 is 1.64. The molecule has 0 atom stereocenters. The second-order valence-electron chi connectivity index (χ2n) is 5.49. The Morgan fingerprint density at radius 2 is 1.70 bits per heavy atom. The fourth-order valence-corrected chi connectivity index (χ4v) is 3.45. The first kappa shape index (κ1) is 15.6. The lowest BCUT2D eigenvalue weighted by atomic mass is 10.1. The lowest BCUT2D eigenvalue weighted by Gasteiger charge is -2.09. The summed E-state index contributed by atoms with van der Waals surface area (Å²) in [6.07, 6.45) is 0. The number of aryl methyl sites for hydroxylation is 1. The van der Waals surface area contributed by atoms with Gasteiger partial charge in [0, 0.05) is 16.8 Å². The van der Waals surface area contributed by atoms with Crippen molar-refractivity contribution in [1.82, 2.24) is 0 Å². The van der Waals surface area contributed by atoms with E-state index in [9.17, 15) is 4.79 Å². The molecule has 3 aromatic carbocycles. The third kappa shape index (κ3) is 3.93. The normalized spacial score (nSPS) is 10.7. The van der Waals surface area contributed by atoms with Gasteiger partial charge < -0.3 is 5.32 Å². The van der Waals surface area contributed by atoms with Gasteiger partial charge in [-0.25, -0.2) is 0 Å². The molecular weight excluding hydrogens is 302 g/mol. The molecule has 1 N–H and O–H groups in total. The van der Waals surface area contributed by atoms with Crippen LogP contribution in [0.5, 0.6) is 0 Å². The van der Waals surface area contributed by atoms with Gasteiger partial charge >= 0.3 is 0 Å². The lowest BCUT2D eigenvalue weighted by molar-refractivity contribution is -0.113. The Balaban J connectivity index is 1.60. The van der Waals surface area contributed by atoms with E-state index in [0.29, 0.717) is 5.75 Å². The van der Waals surface area contributed by atoms with Crippen LogP contribution in [0.1, 0.15) is 11.1 Å². The number of thioether (sulfide) groups is 1. The highest BCUT2D eigenvalue weighted by Gasteiger charge is 2.06. The van der Waals surface area contributed by atoms with Gasteiger partial charge in [0.05, 0.1) is 5.75 Å². The van der Waals surface area contributed by atoms with Crippen molar-refractivity contribution in [2.24, 2.45) is 0 Å². The first-order valence-corrected chi connectivity index (χ1v) is 8.79. The van der Waals surface area contributed by atoms with E-state index in [4.69, 9.17) is 0 Å². The molecule has 23 heavy (non-hydrogen) atoms.